The number of halogens is 3. The maximum absolute atomic E-state index is 12.1. The van der Waals surface area contributed by atoms with Crippen LogP contribution in [0.5, 0.6) is 5.75 Å². The fourth-order valence-corrected chi connectivity index (χ4v) is 2.60. The van der Waals surface area contributed by atoms with Crippen molar-refractivity contribution in [2.45, 2.75) is 24.2 Å². The SMILES string of the molecule is CC(Nc1ccc(OC(F)(F)F)cn1)c1ccc(S(C)(=O)=O)cc1. The minimum absolute atomic E-state index is 0.213. The van der Waals surface area contributed by atoms with E-state index >= 15 is 0 Å². The number of ether oxygens (including phenoxy) is 1. The molecule has 0 radical (unpaired) electrons. The average Bonchev–Trinajstić information content (AvgIpc) is 2.47. The monoisotopic (exact) mass is 360 g/mol. The van der Waals surface area contributed by atoms with E-state index in [0.29, 0.717) is 5.82 Å². The quantitative estimate of drug-likeness (QED) is 0.883. The number of pyridine rings is 1. The average molecular weight is 360 g/mol. The fourth-order valence-electron chi connectivity index (χ4n) is 1.97. The molecule has 2 rings (SSSR count). The molecule has 0 bridgehead atoms. The van der Waals surface area contributed by atoms with Gasteiger partial charge in [0.15, 0.2) is 9.84 Å². The van der Waals surface area contributed by atoms with Crippen molar-refractivity contribution in [1.29, 1.82) is 0 Å². The molecule has 9 heteroatoms. The molecule has 1 unspecified atom stereocenters. The zero-order valence-corrected chi connectivity index (χ0v) is 13.6. The van der Waals surface area contributed by atoms with Gasteiger partial charge in [-0.05, 0) is 36.8 Å². The predicted molar refractivity (Wildman–Crippen MR) is 82.5 cm³/mol. The van der Waals surface area contributed by atoms with Crippen LogP contribution < -0.4 is 10.1 Å². The van der Waals surface area contributed by atoms with Crippen molar-refractivity contribution in [2.75, 3.05) is 11.6 Å². The summed E-state index contributed by atoms with van der Waals surface area (Å²) >= 11 is 0. The second-order valence-electron chi connectivity index (χ2n) is 5.13. The smallest absolute Gasteiger partial charge is 0.404 e. The number of rotatable bonds is 5. The van der Waals surface area contributed by atoms with E-state index in [2.05, 4.69) is 15.0 Å². The first-order valence-electron chi connectivity index (χ1n) is 6.83. The largest absolute Gasteiger partial charge is 0.573 e. The van der Waals surface area contributed by atoms with Gasteiger partial charge in [-0.15, -0.1) is 13.2 Å². The molecule has 1 aromatic heterocycles. The molecule has 0 saturated carbocycles. The minimum atomic E-state index is -4.76. The first-order chi connectivity index (χ1) is 11.0. The van der Waals surface area contributed by atoms with Crippen LogP contribution in [0.4, 0.5) is 19.0 Å². The van der Waals surface area contributed by atoms with Gasteiger partial charge in [0.25, 0.3) is 0 Å². The molecule has 130 valence electrons. The maximum Gasteiger partial charge on any atom is 0.573 e. The molecule has 0 aliphatic rings. The molecule has 1 atom stereocenters. The van der Waals surface area contributed by atoms with Crippen LogP contribution in [0.3, 0.4) is 0 Å². The maximum atomic E-state index is 12.1. The first kappa shape index (κ1) is 18.1. The lowest BCUT2D eigenvalue weighted by atomic mass is 10.1. The van der Waals surface area contributed by atoms with Crippen LogP contribution in [0.15, 0.2) is 47.5 Å². The summed E-state index contributed by atoms with van der Waals surface area (Å²) in [5.41, 5.74) is 0.805. The van der Waals surface area contributed by atoms with E-state index in [-0.39, 0.29) is 10.9 Å². The van der Waals surface area contributed by atoms with Gasteiger partial charge in [-0.1, -0.05) is 12.1 Å². The molecular formula is C15H15F3N2O3S. The molecular weight excluding hydrogens is 345 g/mol. The van der Waals surface area contributed by atoms with Gasteiger partial charge in [-0.3, -0.25) is 0 Å². The van der Waals surface area contributed by atoms with E-state index in [1.807, 2.05) is 6.92 Å². The highest BCUT2D eigenvalue weighted by molar-refractivity contribution is 7.90. The van der Waals surface area contributed by atoms with Crippen molar-refractivity contribution in [2.24, 2.45) is 0 Å². The van der Waals surface area contributed by atoms with E-state index in [0.717, 1.165) is 24.1 Å². The third kappa shape index (κ3) is 5.12. The van der Waals surface area contributed by atoms with Gasteiger partial charge in [-0.2, -0.15) is 0 Å². The highest BCUT2D eigenvalue weighted by atomic mass is 32.2. The summed E-state index contributed by atoms with van der Waals surface area (Å²) in [7, 11) is -3.26. The number of hydrogen-bond acceptors (Lipinski definition) is 5. The Morgan fingerprint density at radius 3 is 2.21 bits per heavy atom. The summed E-state index contributed by atoms with van der Waals surface area (Å²) in [5, 5.41) is 3.01. The van der Waals surface area contributed by atoms with E-state index in [1.165, 1.54) is 18.2 Å². The molecule has 1 N–H and O–H groups in total. The number of sulfone groups is 1. The summed E-state index contributed by atoms with van der Waals surface area (Å²) in [4.78, 5) is 4.07. The molecule has 1 heterocycles. The molecule has 0 amide bonds. The van der Waals surface area contributed by atoms with Gasteiger partial charge in [0.2, 0.25) is 0 Å². The minimum Gasteiger partial charge on any atom is -0.404 e. The van der Waals surface area contributed by atoms with Crippen LogP contribution in [-0.4, -0.2) is 26.0 Å². The van der Waals surface area contributed by atoms with Crippen molar-refractivity contribution in [3.63, 3.8) is 0 Å². The van der Waals surface area contributed by atoms with E-state index in [1.54, 1.807) is 12.1 Å². The normalized spacial score (nSPS) is 13.4. The second-order valence-corrected chi connectivity index (χ2v) is 7.15. The van der Waals surface area contributed by atoms with Crippen molar-refractivity contribution in [1.82, 2.24) is 4.98 Å². The van der Waals surface area contributed by atoms with Crippen molar-refractivity contribution in [3.05, 3.63) is 48.2 Å². The van der Waals surface area contributed by atoms with Gasteiger partial charge < -0.3 is 10.1 Å². The van der Waals surface area contributed by atoms with Crippen LogP contribution in [0.2, 0.25) is 0 Å². The third-order valence-electron chi connectivity index (χ3n) is 3.14. The molecule has 0 saturated heterocycles. The van der Waals surface area contributed by atoms with Gasteiger partial charge in [0.05, 0.1) is 11.1 Å². The first-order valence-corrected chi connectivity index (χ1v) is 8.72. The number of anilines is 1. The highest BCUT2D eigenvalue weighted by Gasteiger charge is 2.31. The van der Waals surface area contributed by atoms with Crippen molar-refractivity contribution < 1.29 is 26.3 Å². The fraction of sp³-hybridized carbons (Fsp3) is 0.267. The number of alkyl halides is 3. The molecule has 0 spiro atoms. The summed E-state index contributed by atoms with van der Waals surface area (Å²) in [6.45, 7) is 1.82. The zero-order chi connectivity index (χ0) is 18.0. The Morgan fingerprint density at radius 2 is 1.75 bits per heavy atom. The Balaban J connectivity index is 2.05. The Morgan fingerprint density at radius 1 is 1.12 bits per heavy atom. The Kier molecular flexibility index (Phi) is 5.02. The topological polar surface area (TPSA) is 68.3 Å². The molecule has 5 nitrogen and oxygen atoms in total. The summed E-state index contributed by atoms with van der Waals surface area (Å²) in [6.07, 6.45) is -2.67. The van der Waals surface area contributed by atoms with Crippen molar-refractivity contribution in [3.8, 4) is 5.75 Å². The van der Waals surface area contributed by atoms with Gasteiger partial charge in [0.1, 0.15) is 11.6 Å². The lowest BCUT2D eigenvalue weighted by molar-refractivity contribution is -0.274. The molecule has 2 aromatic rings. The lowest BCUT2D eigenvalue weighted by Crippen LogP contribution is -2.17. The Hall–Kier alpha value is -2.29. The van der Waals surface area contributed by atoms with Gasteiger partial charge in [0, 0.05) is 12.3 Å². The van der Waals surface area contributed by atoms with Gasteiger partial charge in [-0.25, -0.2) is 13.4 Å². The van der Waals surface area contributed by atoms with Crippen molar-refractivity contribution >= 4 is 15.7 Å². The molecule has 1 aromatic carbocycles. The standard InChI is InChI=1S/C15H15F3N2O3S/c1-10(11-3-6-13(7-4-11)24(2,21)22)20-14-8-5-12(9-19-14)23-15(16,17)18/h3-10H,1-2H3,(H,19,20). The van der Waals surface area contributed by atoms with Gasteiger partial charge >= 0.3 is 6.36 Å². The predicted octanol–water partition coefficient (Wildman–Crippen LogP) is 3.56. The van der Waals surface area contributed by atoms with E-state index in [9.17, 15) is 21.6 Å². The van der Waals surface area contributed by atoms with E-state index in [4.69, 9.17) is 0 Å². The summed E-state index contributed by atoms with van der Waals surface area (Å²) in [5.74, 6) is -0.0394. The Bertz CT molecular complexity index is 788. The van der Waals surface area contributed by atoms with Crippen LogP contribution in [-0.2, 0) is 9.84 Å². The molecule has 0 aliphatic heterocycles. The Labute approximate surface area is 137 Å². The number of aromatic nitrogens is 1. The van der Waals surface area contributed by atoms with Crippen LogP contribution in [0, 0.1) is 0 Å². The number of nitrogens with one attached hydrogen (secondary N) is 1. The van der Waals surface area contributed by atoms with Crippen LogP contribution >= 0.6 is 0 Å². The second kappa shape index (κ2) is 6.68. The van der Waals surface area contributed by atoms with Crippen LogP contribution in [0.25, 0.3) is 0 Å². The molecule has 0 fully saturated rings. The molecule has 24 heavy (non-hydrogen) atoms. The lowest BCUT2D eigenvalue weighted by Gasteiger charge is -2.16. The summed E-state index contributed by atoms with van der Waals surface area (Å²) < 4.78 is 62.8. The van der Waals surface area contributed by atoms with Crippen LogP contribution in [0.1, 0.15) is 18.5 Å². The zero-order valence-electron chi connectivity index (χ0n) is 12.8. The highest BCUT2D eigenvalue weighted by Crippen LogP contribution is 2.24. The number of nitrogens with zero attached hydrogens (tertiary/aromatic N) is 1. The molecule has 0 aliphatic carbocycles. The van der Waals surface area contributed by atoms with E-state index < -0.39 is 21.9 Å². The number of hydrogen-bond donors (Lipinski definition) is 1. The number of benzene rings is 1. The third-order valence-corrected chi connectivity index (χ3v) is 4.27. The summed E-state index contributed by atoms with van der Waals surface area (Å²) in [6, 6.07) is 8.61.